The third-order valence-electron chi connectivity index (χ3n) is 3.36. The summed E-state index contributed by atoms with van der Waals surface area (Å²) in [6.07, 6.45) is 2.20. The summed E-state index contributed by atoms with van der Waals surface area (Å²) >= 11 is 0. The summed E-state index contributed by atoms with van der Waals surface area (Å²) in [5.74, 6) is 0.701. The molecule has 2 rings (SSSR count). The Morgan fingerprint density at radius 1 is 1.09 bits per heavy atom. The number of benzene rings is 2. The van der Waals surface area contributed by atoms with Crippen LogP contribution in [0.3, 0.4) is 0 Å². The van der Waals surface area contributed by atoms with E-state index in [2.05, 4.69) is 17.6 Å². The van der Waals surface area contributed by atoms with Crippen LogP contribution < -0.4 is 15.4 Å². The maximum atomic E-state index is 11.9. The molecule has 4 heteroatoms. The molecule has 2 aromatic carbocycles. The van der Waals surface area contributed by atoms with Crippen molar-refractivity contribution in [3.8, 4) is 5.75 Å². The van der Waals surface area contributed by atoms with Crippen molar-refractivity contribution < 1.29 is 9.53 Å². The molecule has 2 N–H and O–H groups in total. The molecule has 0 atom stereocenters. The number of anilines is 1. The number of hydrogen-bond acceptors (Lipinski definition) is 3. The maximum absolute atomic E-state index is 11.9. The van der Waals surface area contributed by atoms with Gasteiger partial charge in [0, 0.05) is 11.8 Å². The second kappa shape index (κ2) is 9.64. The summed E-state index contributed by atoms with van der Waals surface area (Å²) in [6, 6.07) is 17.5. The van der Waals surface area contributed by atoms with Gasteiger partial charge < -0.3 is 15.4 Å². The van der Waals surface area contributed by atoms with E-state index in [1.807, 2.05) is 54.6 Å². The summed E-state index contributed by atoms with van der Waals surface area (Å²) in [5, 5.41) is 6.00. The smallest absolute Gasteiger partial charge is 0.238 e. The standard InChI is InChI=1S/C19H24N2O2/c1-2-3-12-20-14-19(22)21-17-10-7-11-18(13-17)23-15-16-8-5-4-6-9-16/h4-11,13,20H,2-3,12,14-15H2,1H3,(H,21,22). The van der Waals surface area contributed by atoms with Gasteiger partial charge in [-0.15, -0.1) is 0 Å². The van der Waals surface area contributed by atoms with E-state index in [0.717, 1.165) is 36.4 Å². The van der Waals surface area contributed by atoms with Crippen molar-refractivity contribution in [3.63, 3.8) is 0 Å². The second-order valence-corrected chi connectivity index (χ2v) is 5.38. The predicted octanol–water partition coefficient (Wildman–Crippen LogP) is 3.59. The molecule has 0 spiro atoms. The number of amides is 1. The average molecular weight is 312 g/mol. The lowest BCUT2D eigenvalue weighted by Crippen LogP contribution is -2.28. The average Bonchev–Trinajstić information content (AvgIpc) is 2.58. The van der Waals surface area contributed by atoms with Gasteiger partial charge in [0.25, 0.3) is 0 Å². The Bertz CT molecular complexity index is 599. The van der Waals surface area contributed by atoms with Gasteiger partial charge in [-0.25, -0.2) is 0 Å². The predicted molar refractivity (Wildman–Crippen MR) is 93.6 cm³/mol. The van der Waals surface area contributed by atoms with Crippen molar-refractivity contribution in [3.05, 3.63) is 60.2 Å². The van der Waals surface area contributed by atoms with Crippen molar-refractivity contribution >= 4 is 11.6 Å². The van der Waals surface area contributed by atoms with E-state index in [4.69, 9.17) is 4.74 Å². The van der Waals surface area contributed by atoms with Gasteiger partial charge in [-0.05, 0) is 30.7 Å². The van der Waals surface area contributed by atoms with Gasteiger partial charge in [-0.1, -0.05) is 49.7 Å². The molecule has 1 amide bonds. The van der Waals surface area contributed by atoms with Gasteiger partial charge in [-0.2, -0.15) is 0 Å². The summed E-state index contributed by atoms with van der Waals surface area (Å²) < 4.78 is 5.76. The van der Waals surface area contributed by atoms with E-state index >= 15 is 0 Å². The molecule has 23 heavy (non-hydrogen) atoms. The first kappa shape index (κ1) is 17.0. The van der Waals surface area contributed by atoms with E-state index in [1.165, 1.54) is 0 Å². The molecule has 4 nitrogen and oxygen atoms in total. The molecule has 0 unspecified atom stereocenters. The molecule has 0 aliphatic rings. The molecule has 0 fully saturated rings. The van der Waals surface area contributed by atoms with E-state index in [1.54, 1.807) is 0 Å². The van der Waals surface area contributed by atoms with Crippen molar-refractivity contribution in [2.75, 3.05) is 18.4 Å². The van der Waals surface area contributed by atoms with Crippen LogP contribution in [0, 0.1) is 0 Å². The van der Waals surface area contributed by atoms with Gasteiger partial charge in [0.15, 0.2) is 0 Å². The minimum atomic E-state index is -0.0405. The fourth-order valence-corrected chi connectivity index (χ4v) is 2.11. The van der Waals surface area contributed by atoms with Crippen LogP contribution in [0.4, 0.5) is 5.69 Å². The Morgan fingerprint density at radius 2 is 1.91 bits per heavy atom. The number of carbonyl (C=O) groups excluding carboxylic acids is 1. The van der Waals surface area contributed by atoms with E-state index in [0.29, 0.717) is 13.2 Å². The molecule has 0 bridgehead atoms. The van der Waals surface area contributed by atoms with Crippen molar-refractivity contribution in [2.24, 2.45) is 0 Å². The van der Waals surface area contributed by atoms with Gasteiger partial charge in [0.1, 0.15) is 12.4 Å². The Morgan fingerprint density at radius 3 is 2.70 bits per heavy atom. The molecular formula is C19H24N2O2. The van der Waals surface area contributed by atoms with Crippen LogP contribution in [0.5, 0.6) is 5.75 Å². The Hall–Kier alpha value is -2.33. The highest BCUT2D eigenvalue weighted by Gasteiger charge is 2.03. The molecule has 0 saturated heterocycles. The maximum Gasteiger partial charge on any atom is 0.238 e. The Labute approximate surface area is 137 Å². The highest BCUT2D eigenvalue weighted by Crippen LogP contribution is 2.18. The quantitative estimate of drug-likeness (QED) is 0.696. The molecule has 0 aliphatic heterocycles. The Balaban J connectivity index is 1.81. The summed E-state index contributed by atoms with van der Waals surface area (Å²) in [7, 11) is 0. The minimum Gasteiger partial charge on any atom is -0.489 e. The van der Waals surface area contributed by atoms with Crippen LogP contribution in [0.25, 0.3) is 0 Å². The fourth-order valence-electron chi connectivity index (χ4n) is 2.11. The van der Waals surface area contributed by atoms with E-state index in [9.17, 15) is 4.79 Å². The van der Waals surface area contributed by atoms with Crippen LogP contribution in [0.15, 0.2) is 54.6 Å². The van der Waals surface area contributed by atoms with Gasteiger partial charge in [0.2, 0.25) is 5.91 Å². The lowest BCUT2D eigenvalue weighted by molar-refractivity contribution is -0.115. The molecule has 2 aromatic rings. The highest BCUT2D eigenvalue weighted by atomic mass is 16.5. The largest absolute Gasteiger partial charge is 0.489 e. The minimum absolute atomic E-state index is 0.0405. The summed E-state index contributed by atoms with van der Waals surface area (Å²) in [6.45, 7) is 3.83. The lowest BCUT2D eigenvalue weighted by atomic mass is 10.2. The number of hydrogen-bond donors (Lipinski definition) is 2. The van der Waals surface area contributed by atoms with Gasteiger partial charge in [0.05, 0.1) is 6.54 Å². The number of unbranched alkanes of at least 4 members (excludes halogenated alkanes) is 1. The molecular weight excluding hydrogens is 288 g/mol. The third-order valence-corrected chi connectivity index (χ3v) is 3.36. The molecule has 122 valence electrons. The van der Waals surface area contributed by atoms with Crippen molar-refractivity contribution in [1.82, 2.24) is 5.32 Å². The van der Waals surface area contributed by atoms with Crippen LogP contribution in [0.1, 0.15) is 25.3 Å². The molecule has 0 aliphatic carbocycles. The summed E-state index contributed by atoms with van der Waals surface area (Å²) in [4.78, 5) is 11.9. The molecule has 0 saturated carbocycles. The van der Waals surface area contributed by atoms with E-state index in [-0.39, 0.29) is 5.91 Å². The van der Waals surface area contributed by atoms with Crippen LogP contribution in [-0.4, -0.2) is 19.0 Å². The third kappa shape index (κ3) is 6.53. The SMILES string of the molecule is CCCCNCC(=O)Nc1cccc(OCc2ccccc2)c1. The summed E-state index contributed by atoms with van der Waals surface area (Å²) in [5.41, 5.74) is 1.86. The number of ether oxygens (including phenoxy) is 1. The fraction of sp³-hybridized carbons (Fsp3) is 0.316. The van der Waals surface area contributed by atoms with Crippen LogP contribution >= 0.6 is 0 Å². The first-order chi connectivity index (χ1) is 11.3. The molecule has 0 heterocycles. The zero-order chi connectivity index (χ0) is 16.3. The molecule has 0 aromatic heterocycles. The van der Waals surface area contributed by atoms with Crippen molar-refractivity contribution in [1.29, 1.82) is 0 Å². The zero-order valence-electron chi connectivity index (χ0n) is 13.5. The van der Waals surface area contributed by atoms with Gasteiger partial charge in [-0.3, -0.25) is 4.79 Å². The highest BCUT2D eigenvalue weighted by molar-refractivity contribution is 5.92. The monoisotopic (exact) mass is 312 g/mol. The first-order valence-electron chi connectivity index (χ1n) is 8.05. The van der Waals surface area contributed by atoms with Gasteiger partial charge >= 0.3 is 0 Å². The van der Waals surface area contributed by atoms with Crippen molar-refractivity contribution in [2.45, 2.75) is 26.4 Å². The first-order valence-corrected chi connectivity index (χ1v) is 8.05. The van der Waals surface area contributed by atoms with Crippen LogP contribution in [0.2, 0.25) is 0 Å². The Kier molecular flexibility index (Phi) is 7.14. The second-order valence-electron chi connectivity index (χ2n) is 5.38. The number of rotatable bonds is 9. The topological polar surface area (TPSA) is 50.4 Å². The normalized spacial score (nSPS) is 10.3. The lowest BCUT2D eigenvalue weighted by Gasteiger charge is -2.10. The van der Waals surface area contributed by atoms with Crippen LogP contribution in [-0.2, 0) is 11.4 Å². The van der Waals surface area contributed by atoms with E-state index < -0.39 is 0 Å². The zero-order valence-corrected chi connectivity index (χ0v) is 13.5. The number of nitrogens with one attached hydrogen (secondary N) is 2. The molecule has 0 radical (unpaired) electrons. The number of carbonyl (C=O) groups is 1.